The van der Waals surface area contributed by atoms with Crippen LogP contribution in [0.2, 0.25) is 0 Å². The number of hydrogen-bond acceptors (Lipinski definition) is 7. The lowest BCUT2D eigenvalue weighted by Gasteiger charge is -2.28. The van der Waals surface area contributed by atoms with Crippen molar-refractivity contribution in [1.29, 1.82) is 0 Å². The van der Waals surface area contributed by atoms with Crippen LogP contribution in [0.3, 0.4) is 0 Å². The van der Waals surface area contributed by atoms with Crippen molar-refractivity contribution in [3.05, 3.63) is 35.9 Å². The lowest BCUT2D eigenvalue weighted by Crippen LogP contribution is -2.55. The van der Waals surface area contributed by atoms with Crippen molar-refractivity contribution < 1.29 is 33.8 Å². The minimum atomic E-state index is -1.27. The Balaban J connectivity index is 1.88. The fourth-order valence-electron chi connectivity index (χ4n) is 3.26. The normalized spacial score (nSPS) is 17.6. The van der Waals surface area contributed by atoms with Gasteiger partial charge in [-0.15, -0.1) is 0 Å². The largest absolute Gasteiger partial charge is 0.459 e. The Kier molecular flexibility index (Phi) is 9.22. The van der Waals surface area contributed by atoms with Crippen LogP contribution in [-0.4, -0.2) is 70.8 Å². The molecular weight excluding hydrogens is 430 g/mol. The molecule has 3 N–H and O–H groups in total. The Morgan fingerprint density at radius 1 is 1.15 bits per heavy atom. The van der Waals surface area contributed by atoms with Crippen LogP contribution in [0.4, 0.5) is 4.79 Å². The van der Waals surface area contributed by atoms with E-state index < -0.39 is 54.2 Å². The van der Waals surface area contributed by atoms with Crippen molar-refractivity contribution >= 4 is 23.9 Å². The number of carbonyl (C=O) groups is 4. The molecule has 3 amide bonds. The first kappa shape index (κ1) is 26.1. The van der Waals surface area contributed by atoms with E-state index in [1.54, 1.807) is 45.0 Å². The number of esters is 1. The van der Waals surface area contributed by atoms with Crippen LogP contribution < -0.4 is 10.6 Å². The van der Waals surface area contributed by atoms with E-state index in [1.165, 1.54) is 11.8 Å². The van der Waals surface area contributed by atoms with Crippen LogP contribution in [0.5, 0.6) is 0 Å². The van der Waals surface area contributed by atoms with Crippen molar-refractivity contribution in [1.82, 2.24) is 15.5 Å². The average molecular weight is 464 g/mol. The van der Waals surface area contributed by atoms with Crippen molar-refractivity contribution in [2.24, 2.45) is 0 Å². The van der Waals surface area contributed by atoms with E-state index in [4.69, 9.17) is 9.47 Å². The maximum Gasteiger partial charge on any atom is 0.410 e. The van der Waals surface area contributed by atoms with Crippen LogP contribution in [0.15, 0.2) is 30.3 Å². The number of benzene rings is 1. The van der Waals surface area contributed by atoms with E-state index in [9.17, 15) is 24.3 Å². The molecule has 1 fully saturated rings. The molecule has 0 unspecified atom stereocenters. The third kappa shape index (κ3) is 8.05. The molecule has 33 heavy (non-hydrogen) atoms. The summed E-state index contributed by atoms with van der Waals surface area (Å²) < 4.78 is 10.5. The van der Waals surface area contributed by atoms with Gasteiger partial charge < -0.3 is 25.2 Å². The highest BCUT2D eigenvalue weighted by molar-refractivity contribution is 5.93. The van der Waals surface area contributed by atoms with E-state index >= 15 is 0 Å². The van der Waals surface area contributed by atoms with Crippen LogP contribution in [0.25, 0.3) is 0 Å². The lowest BCUT2D eigenvalue weighted by molar-refractivity contribution is -0.150. The van der Waals surface area contributed by atoms with Gasteiger partial charge in [0, 0.05) is 6.54 Å². The first-order valence-electron chi connectivity index (χ1n) is 10.9. The molecule has 1 aromatic rings. The number of rotatable bonds is 8. The molecule has 0 spiro atoms. The van der Waals surface area contributed by atoms with E-state index in [0.29, 0.717) is 19.4 Å². The summed E-state index contributed by atoms with van der Waals surface area (Å²) in [5.74, 6) is -1.95. The third-order valence-electron chi connectivity index (χ3n) is 4.94. The third-order valence-corrected chi connectivity index (χ3v) is 4.94. The molecule has 0 saturated carbocycles. The van der Waals surface area contributed by atoms with Crippen molar-refractivity contribution in [3.8, 4) is 0 Å². The smallest absolute Gasteiger partial charge is 0.410 e. The molecule has 10 nitrogen and oxygen atoms in total. The zero-order valence-corrected chi connectivity index (χ0v) is 19.5. The summed E-state index contributed by atoms with van der Waals surface area (Å²) in [6, 6.07) is 5.96. The monoisotopic (exact) mass is 463 g/mol. The van der Waals surface area contributed by atoms with E-state index in [-0.39, 0.29) is 6.61 Å². The summed E-state index contributed by atoms with van der Waals surface area (Å²) in [6.07, 6.45) is 0.501. The molecule has 0 radical (unpaired) electrons. The van der Waals surface area contributed by atoms with Gasteiger partial charge in [-0.25, -0.2) is 9.59 Å². The molecule has 1 saturated heterocycles. The zero-order chi connectivity index (χ0) is 24.6. The Labute approximate surface area is 193 Å². The quantitative estimate of drug-likeness (QED) is 0.492. The summed E-state index contributed by atoms with van der Waals surface area (Å²) in [7, 11) is 0. The second-order valence-corrected chi connectivity index (χ2v) is 8.90. The average Bonchev–Trinajstić information content (AvgIpc) is 3.25. The first-order chi connectivity index (χ1) is 15.5. The SMILES string of the molecule is C[C@H](NC(=O)[C@@H]1CCCN1C(=O)OC(C)(C)C)C(=O)N[C@@H](CO)C(=O)OCc1ccccc1. The second kappa shape index (κ2) is 11.6. The van der Waals surface area contributed by atoms with Gasteiger partial charge >= 0.3 is 12.1 Å². The number of likely N-dealkylation sites (tertiary alicyclic amines) is 1. The van der Waals surface area contributed by atoms with Crippen molar-refractivity contribution in [2.75, 3.05) is 13.2 Å². The Hall–Kier alpha value is -3.14. The number of carbonyl (C=O) groups excluding carboxylic acids is 4. The summed E-state index contributed by atoms with van der Waals surface area (Å²) in [5.41, 5.74) is 0.0723. The van der Waals surface area contributed by atoms with Gasteiger partial charge in [0.25, 0.3) is 0 Å². The zero-order valence-electron chi connectivity index (χ0n) is 19.5. The standard InChI is InChI=1S/C23H33N3O7/c1-15(24-20(29)18-11-8-12-26(18)22(31)33-23(2,3)4)19(28)25-17(13-27)21(30)32-14-16-9-6-5-7-10-16/h5-7,9-10,15,17-18,27H,8,11-14H2,1-4H3,(H,24,29)(H,25,28)/t15-,17-,18-/m0/s1. The number of hydrogen-bond donors (Lipinski definition) is 3. The molecule has 0 bridgehead atoms. The maximum atomic E-state index is 12.7. The summed E-state index contributed by atoms with van der Waals surface area (Å²) in [4.78, 5) is 51.2. The summed E-state index contributed by atoms with van der Waals surface area (Å²) in [5, 5.41) is 14.4. The highest BCUT2D eigenvalue weighted by atomic mass is 16.6. The number of ether oxygens (including phenoxy) is 2. The number of amides is 3. The minimum absolute atomic E-state index is 0.000509. The highest BCUT2D eigenvalue weighted by Crippen LogP contribution is 2.21. The van der Waals surface area contributed by atoms with E-state index in [0.717, 1.165) is 5.56 Å². The van der Waals surface area contributed by atoms with Crippen LogP contribution in [0, 0.1) is 0 Å². The molecule has 0 aromatic heterocycles. The van der Waals surface area contributed by atoms with Gasteiger partial charge in [0.1, 0.15) is 24.3 Å². The van der Waals surface area contributed by atoms with Gasteiger partial charge in [-0.1, -0.05) is 30.3 Å². The van der Waals surface area contributed by atoms with Gasteiger partial charge in [0.05, 0.1) is 6.61 Å². The molecule has 1 aromatic carbocycles. The van der Waals surface area contributed by atoms with E-state index in [2.05, 4.69) is 10.6 Å². The maximum absolute atomic E-state index is 12.7. The van der Waals surface area contributed by atoms with Crippen LogP contribution in [0.1, 0.15) is 46.1 Å². The lowest BCUT2D eigenvalue weighted by atomic mass is 10.2. The predicted octanol–water partition coefficient (Wildman–Crippen LogP) is 1.11. The van der Waals surface area contributed by atoms with Gasteiger partial charge in [-0.2, -0.15) is 0 Å². The van der Waals surface area contributed by atoms with Crippen LogP contribution in [-0.2, 0) is 30.5 Å². The summed E-state index contributed by atoms with van der Waals surface area (Å²) >= 11 is 0. The fraction of sp³-hybridized carbons (Fsp3) is 0.565. The van der Waals surface area contributed by atoms with Crippen LogP contribution >= 0.6 is 0 Å². The minimum Gasteiger partial charge on any atom is -0.459 e. The Bertz CT molecular complexity index is 838. The molecule has 2 rings (SSSR count). The number of nitrogens with zero attached hydrogens (tertiary/aromatic N) is 1. The van der Waals surface area contributed by atoms with Gasteiger partial charge in [0.15, 0.2) is 6.04 Å². The number of nitrogens with one attached hydrogen (secondary N) is 2. The Morgan fingerprint density at radius 2 is 1.82 bits per heavy atom. The van der Waals surface area contributed by atoms with Gasteiger partial charge in [-0.3, -0.25) is 14.5 Å². The van der Waals surface area contributed by atoms with Gasteiger partial charge in [-0.05, 0) is 46.1 Å². The molecule has 1 aliphatic heterocycles. The fourth-order valence-corrected chi connectivity index (χ4v) is 3.26. The molecule has 10 heteroatoms. The molecule has 0 aliphatic carbocycles. The molecular formula is C23H33N3O7. The molecule has 1 aliphatic rings. The highest BCUT2D eigenvalue weighted by Gasteiger charge is 2.37. The number of aliphatic hydroxyl groups is 1. The van der Waals surface area contributed by atoms with E-state index in [1.807, 2.05) is 6.07 Å². The second-order valence-electron chi connectivity index (χ2n) is 8.90. The first-order valence-corrected chi connectivity index (χ1v) is 10.9. The molecule has 1 heterocycles. The van der Waals surface area contributed by atoms with Gasteiger partial charge in [0.2, 0.25) is 11.8 Å². The topological polar surface area (TPSA) is 134 Å². The Morgan fingerprint density at radius 3 is 2.42 bits per heavy atom. The summed E-state index contributed by atoms with van der Waals surface area (Å²) in [6.45, 7) is 6.40. The van der Waals surface area contributed by atoms with Crippen molar-refractivity contribution in [2.45, 2.75) is 70.9 Å². The molecule has 3 atom stereocenters. The number of aliphatic hydroxyl groups excluding tert-OH is 1. The molecule has 182 valence electrons. The van der Waals surface area contributed by atoms with Crippen molar-refractivity contribution in [3.63, 3.8) is 0 Å². The predicted molar refractivity (Wildman–Crippen MR) is 119 cm³/mol.